The summed E-state index contributed by atoms with van der Waals surface area (Å²) >= 11 is 10.4. The molecule has 0 aliphatic carbocycles. The van der Waals surface area contributed by atoms with Crippen LogP contribution >= 0.6 is 23.2 Å². The van der Waals surface area contributed by atoms with Crippen LogP contribution in [-0.4, -0.2) is 0 Å². The molecule has 0 radical (unpaired) electrons. The molecular weight excluding hydrogens is 212 g/mol. The molecule has 1 rings (SSSR count). The van der Waals surface area contributed by atoms with Crippen molar-refractivity contribution in [3.8, 4) is 0 Å². The van der Waals surface area contributed by atoms with E-state index < -0.39 is 23.3 Å². The third kappa shape index (κ3) is 1.52. The molecule has 0 fully saturated rings. The van der Waals surface area contributed by atoms with E-state index in [9.17, 15) is 13.2 Å². The first-order chi connectivity index (χ1) is 5.57. The van der Waals surface area contributed by atoms with Gasteiger partial charge in [0.05, 0.1) is 5.02 Å². The highest BCUT2D eigenvalue weighted by Gasteiger charge is 2.15. The molecule has 0 atom stereocenters. The zero-order valence-corrected chi connectivity index (χ0v) is 7.19. The zero-order valence-electron chi connectivity index (χ0n) is 5.67. The summed E-state index contributed by atoms with van der Waals surface area (Å²) in [5, 5.41) is -1.15. The van der Waals surface area contributed by atoms with E-state index in [0.29, 0.717) is 0 Å². The van der Waals surface area contributed by atoms with Crippen LogP contribution in [0.5, 0.6) is 0 Å². The summed E-state index contributed by atoms with van der Waals surface area (Å²) in [6, 6.07) is 0.873. The van der Waals surface area contributed by atoms with Crippen LogP contribution in [0.15, 0.2) is 6.07 Å². The Bertz CT molecular complexity index is 312. The van der Waals surface area contributed by atoms with Crippen molar-refractivity contribution in [3.63, 3.8) is 0 Å². The highest BCUT2D eigenvalue weighted by Crippen LogP contribution is 2.28. The first-order valence-corrected chi connectivity index (χ1v) is 3.71. The fourth-order valence-corrected chi connectivity index (χ4v) is 1.22. The van der Waals surface area contributed by atoms with Gasteiger partial charge in [-0.3, -0.25) is 0 Å². The standard InChI is InChI=1S/C7H3Cl2F3/c8-4-1-3(2-10)6(11)5(9)7(4)12/h1H,2H2. The molecule has 0 amide bonds. The molecule has 12 heavy (non-hydrogen) atoms. The average molecular weight is 215 g/mol. The van der Waals surface area contributed by atoms with Crippen molar-refractivity contribution in [2.75, 3.05) is 0 Å². The minimum absolute atomic E-state index is 0.341. The molecule has 1 aromatic carbocycles. The van der Waals surface area contributed by atoms with Gasteiger partial charge >= 0.3 is 0 Å². The van der Waals surface area contributed by atoms with E-state index in [0.717, 1.165) is 6.07 Å². The van der Waals surface area contributed by atoms with Crippen LogP contribution in [0, 0.1) is 11.6 Å². The van der Waals surface area contributed by atoms with Crippen LogP contribution in [-0.2, 0) is 6.67 Å². The minimum Gasteiger partial charge on any atom is -0.246 e. The lowest BCUT2D eigenvalue weighted by molar-refractivity contribution is 0.461. The number of halogens is 5. The summed E-state index contributed by atoms with van der Waals surface area (Å²) in [6.45, 7) is -1.06. The highest BCUT2D eigenvalue weighted by atomic mass is 35.5. The van der Waals surface area contributed by atoms with Crippen LogP contribution < -0.4 is 0 Å². The third-order valence-corrected chi connectivity index (χ3v) is 1.93. The molecule has 0 aliphatic rings. The monoisotopic (exact) mass is 214 g/mol. The Morgan fingerprint density at radius 3 is 2.25 bits per heavy atom. The second-order valence-corrected chi connectivity index (χ2v) is 2.88. The lowest BCUT2D eigenvalue weighted by Gasteiger charge is -2.02. The molecule has 0 bridgehead atoms. The predicted molar refractivity (Wildman–Crippen MR) is 41.2 cm³/mol. The molecule has 1 aromatic rings. The number of rotatable bonds is 1. The number of hydrogen-bond donors (Lipinski definition) is 0. The molecule has 0 spiro atoms. The smallest absolute Gasteiger partial charge is 0.163 e. The summed E-state index contributed by atoms with van der Waals surface area (Å²) in [7, 11) is 0. The number of benzene rings is 1. The van der Waals surface area contributed by atoms with Gasteiger partial charge in [-0.05, 0) is 6.07 Å². The maximum absolute atomic E-state index is 12.8. The summed E-state index contributed by atoms with van der Waals surface area (Å²) in [5.41, 5.74) is -0.341. The van der Waals surface area contributed by atoms with Crippen molar-refractivity contribution < 1.29 is 13.2 Å². The van der Waals surface area contributed by atoms with E-state index in [-0.39, 0.29) is 10.6 Å². The van der Waals surface area contributed by atoms with E-state index in [1.165, 1.54) is 0 Å². The molecule has 0 nitrogen and oxygen atoms in total. The molecule has 0 N–H and O–H groups in total. The van der Waals surface area contributed by atoms with Crippen LogP contribution in [0.2, 0.25) is 10.0 Å². The fraction of sp³-hybridized carbons (Fsp3) is 0.143. The van der Waals surface area contributed by atoms with Gasteiger partial charge in [-0.1, -0.05) is 23.2 Å². The Morgan fingerprint density at radius 2 is 1.75 bits per heavy atom. The van der Waals surface area contributed by atoms with E-state index >= 15 is 0 Å². The molecule has 0 saturated carbocycles. The lowest BCUT2D eigenvalue weighted by Crippen LogP contribution is -1.92. The van der Waals surface area contributed by atoms with E-state index in [2.05, 4.69) is 0 Å². The average Bonchev–Trinajstić information content (AvgIpc) is 2.08. The summed E-state index contributed by atoms with van der Waals surface area (Å²) in [5.74, 6) is -2.16. The van der Waals surface area contributed by atoms with Crippen LogP contribution in [0.1, 0.15) is 5.56 Å². The Labute approximate surface area is 76.9 Å². The largest absolute Gasteiger partial charge is 0.246 e. The quantitative estimate of drug-likeness (QED) is 0.494. The molecular formula is C7H3Cl2F3. The van der Waals surface area contributed by atoms with Crippen molar-refractivity contribution in [1.29, 1.82) is 0 Å². The normalized spacial score (nSPS) is 10.4. The SMILES string of the molecule is FCc1cc(Cl)c(F)c(Cl)c1F. The van der Waals surface area contributed by atoms with Gasteiger partial charge in [-0.15, -0.1) is 0 Å². The summed E-state index contributed by atoms with van der Waals surface area (Å²) in [4.78, 5) is 0. The molecule has 5 heteroatoms. The van der Waals surface area contributed by atoms with Crippen molar-refractivity contribution in [2.45, 2.75) is 6.67 Å². The maximum atomic E-state index is 12.8. The predicted octanol–water partition coefficient (Wildman–Crippen LogP) is 3.74. The zero-order chi connectivity index (χ0) is 9.30. The van der Waals surface area contributed by atoms with Gasteiger partial charge < -0.3 is 0 Å². The van der Waals surface area contributed by atoms with Gasteiger partial charge in [0.25, 0.3) is 0 Å². The summed E-state index contributed by atoms with van der Waals surface area (Å²) in [6.07, 6.45) is 0. The van der Waals surface area contributed by atoms with E-state index in [1.54, 1.807) is 0 Å². The fourth-order valence-electron chi connectivity index (χ4n) is 0.719. The Balaban J connectivity index is 3.39. The lowest BCUT2D eigenvalue weighted by atomic mass is 10.2. The van der Waals surface area contributed by atoms with Gasteiger partial charge in [0.2, 0.25) is 0 Å². The van der Waals surface area contributed by atoms with Crippen LogP contribution in [0.25, 0.3) is 0 Å². The van der Waals surface area contributed by atoms with Gasteiger partial charge in [0.15, 0.2) is 11.6 Å². The first kappa shape index (κ1) is 9.68. The second-order valence-electron chi connectivity index (χ2n) is 2.09. The Morgan fingerprint density at radius 1 is 1.17 bits per heavy atom. The number of hydrogen-bond acceptors (Lipinski definition) is 0. The van der Waals surface area contributed by atoms with E-state index in [1.807, 2.05) is 0 Å². The van der Waals surface area contributed by atoms with Crippen LogP contribution in [0.4, 0.5) is 13.2 Å². The highest BCUT2D eigenvalue weighted by molar-refractivity contribution is 6.35. The van der Waals surface area contributed by atoms with Gasteiger partial charge in [0, 0.05) is 5.56 Å². The van der Waals surface area contributed by atoms with Crippen molar-refractivity contribution in [2.24, 2.45) is 0 Å². The molecule has 0 saturated heterocycles. The van der Waals surface area contributed by atoms with Gasteiger partial charge in [-0.25, -0.2) is 13.2 Å². The van der Waals surface area contributed by atoms with Gasteiger partial charge in [-0.2, -0.15) is 0 Å². The topological polar surface area (TPSA) is 0 Å². The maximum Gasteiger partial charge on any atom is 0.163 e. The summed E-state index contributed by atoms with van der Waals surface area (Å²) < 4.78 is 37.5. The molecule has 66 valence electrons. The molecule has 0 unspecified atom stereocenters. The Kier molecular flexibility index (Phi) is 2.85. The van der Waals surface area contributed by atoms with E-state index in [4.69, 9.17) is 23.2 Å². The molecule has 0 aromatic heterocycles. The molecule has 0 heterocycles. The third-order valence-electron chi connectivity index (χ3n) is 1.32. The van der Waals surface area contributed by atoms with Crippen molar-refractivity contribution >= 4 is 23.2 Å². The second kappa shape index (κ2) is 3.54. The first-order valence-electron chi connectivity index (χ1n) is 2.95. The minimum atomic E-state index is -1.10. The van der Waals surface area contributed by atoms with Crippen molar-refractivity contribution in [3.05, 3.63) is 33.3 Å². The Hall–Kier alpha value is -0.410. The van der Waals surface area contributed by atoms with Gasteiger partial charge in [0.1, 0.15) is 11.7 Å². The van der Waals surface area contributed by atoms with Crippen LogP contribution in [0.3, 0.4) is 0 Å². The number of alkyl halides is 1. The molecule has 0 aliphatic heterocycles. The van der Waals surface area contributed by atoms with Crippen molar-refractivity contribution in [1.82, 2.24) is 0 Å².